The molecular formula is C13H23N3S. The Morgan fingerprint density at radius 3 is 2.35 bits per heavy atom. The zero-order valence-corrected chi connectivity index (χ0v) is 12.0. The summed E-state index contributed by atoms with van der Waals surface area (Å²) in [6.45, 7) is 10.2. The number of hydrogen-bond acceptors (Lipinski definition) is 2. The van der Waals surface area contributed by atoms with E-state index >= 15 is 0 Å². The molecule has 0 unspecified atom stereocenters. The summed E-state index contributed by atoms with van der Waals surface area (Å²) in [7, 11) is 0. The molecule has 1 aromatic rings. The number of aromatic nitrogens is 3. The second-order valence-corrected chi connectivity index (χ2v) is 6.31. The van der Waals surface area contributed by atoms with Crippen molar-refractivity contribution in [1.29, 1.82) is 0 Å². The van der Waals surface area contributed by atoms with Crippen LogP contribution in [-0.4, -0.2) is 14.8 Å². The molecule has 3 nitrogen and oxygen atoms in total. The van der Waals surface area contributed by atoms with Crippen LogP contribution in [0, 0.1) is 22.5 Å². The van der Waals surface area contributed by atoms with Crippen LogP contribution in [0.25, 0.3) is 0 Å². The molecule has 1 aliphatic rings. The lowest BCUT2D eigenvalue weighted by atomic mass is 9.85. The van der Waals surface area contributed by atoms with Crippen LogP contribution in [0.3, 0.4) is 0 Å². The largest absolute Gasteiger partial charge is 0.304 e. The van der Waals surface area contributed by atoms with Crippen molar-refractivity contribution in [3.05, 3.63) is 10.6 Å². The minimum Gasteiger partial charge on any atom is -0.304 e. The number of rotatable bonds is 5. The van der Waals surface area contributed by atoms with Crippen LogP contribution in [0.1, 0.15) is 52.3 Å². The van der Waals surface area contributed by atoms with Crippen molar-refractivity contribution in [1.82, 2.24) is 14.8 Å². The Hall–Kier alpha value is -0.640. The van der Waals surface area contributed by atoms with Gasteiger partial charge in [0.2, 0.25) is 0 Å². The first-order valence-electron chi connectivity index (χ1n) is 6.65. The quantitative estimate of drug-likeness (QED) is 0.811. The molecule has 1 fully saturated rings. The van der Waals surface area contributed by atoms with Gasteiger partial charge in [0, 0.05) is 12.5 Å². The van der Waals surface area contributed by atoms with Gasteiger partial charge in [-0.15, -0.1) is 0 Å². The van der Waals surface area contributed by atoms with Crippen molar-refractivity contribution in [3.8, 4) is 0 Å². The SMILES string of the molecule is CC(C)C(Cn1c(C2CC2)n[nH]c1=S)C(C)C. The molecule has 0 aromatic carbocycles. The average molecular weight is 253 g/mol. The lowest BCUT2D eigenvalue weighted by molar-refractivity contribution is 0.248. The van der Waals surface area contributed by atoms with Gasteiger partial charge in [-0.1, -0.05) is 27.7 Å². The second kappa shape index (κ2) is 4.92. The summed E-state index contributed by atoms with van der Waals surface area (Å²) >= 11 is 5.36. The molecule has 4 heteroatoms. The van der Waals surface area contributed by atoms with Gasteiger partial charge in [-0.3, -0.25) is 5.10 Å². The van der Waals surface area contributed by atoms with Gasteiger partial charge < -0.3 is 4.57 Å². The van der Waals surface area contributed by atoms with Crippen molar-refractivity contribution in [2.45, 2.75) is 53.0 Å². The summed E-state index contributed by atoms with van der Waals surface area (Å²) in [5, 5.41) is 7.35. The summed E-state index contributed by atoms with van der Waals surface area (Å²) in [6, 6.07) is 0. The third kappa shape index (κ3) is 2.79. The fraction of sp³-hybridized carbons (Fsp3) is 0.846. The maximum absolute atomic E-state index is 5.36. The highest BCUT2D eigenvalue weighted by Crippen LogP contribution is 2.39. The van der Waals surface area contributed by atoms with Gasteiger partial charge in [0.05, 0.1) is 0 Å². The van der Waals surface area contributed by atoms with Crippen LogP contribution < -0.4 is 0 Å². The Bertz CT molecular complexity index is 418. The highest BCUT2D eigenvalue weighted by atomic mass is 32.1. The molecule has 0 saturated heterocycles. The minimum atomic E-state index is 0.655. The second-order valence-electron chi connectivity index (χ2n) is 5.92. The molecule has 0 amide bonds. The highest BCUT2D eigenvalue weighted by Gasteiger charge is 2.30. The van der Waals surface area contributed by atoms with Crippen LogP contribution in [0.5, 0.6) is 0 Å². The minimum absolute atomic E-state index is 0.655. The number of nitrogens with zero attached hydrogens (tertiary/aromatic N) is 2. The molecule has 1 heterocycles. The maximum atomic E-state index is 5.36. The van der Waals surface area contributed by atoms with Gasteiger partial charge in [-0.2, -0.15) is 5.10 Å². The zero-order valence-electron chi connectivity index (χ0n) is 11.2. The Kier molecular flexibility index (Phi) is 3.71. The molecule has 0 atom stereocenters. The Morgan fingerprint density at radius 1 is 1.29 bits per heavy atom. The molecular weight excluding hydrogens is 230 g/mol. The van der Waals surface area contributed by atoms with E-state index in [-0.39, 0.29) is 0 Å². The molecule has 96 valence electrons. The predicted octanol–water partition coefficient (Wildman–Crippen LogP) is 3.75. The maximum Gasteiger partial charge on any atom is 0.195 e. The van der Waals surface area contributed by atoms with Gasteiger partial charge in [-0.25, -0.2) is 0 Å². The van der Waals surface area contributed by atoms with Crippen molar-refractivity contribution < 1.29 is 0 Å². The average Bonchev–Trinajstić information content (AvgIpc) is 3.00. The fourth-order valence-electron chi connectivity index (χ4n) is 2.56. The van der Waals surface area contributed by atoms with Crippen molar-refractivity contribution in [2.24, 2.45) is 17.8 Å². The lowest BCUT2D eigenvalue weighted by Crippen LogP contribution is -2.23. The Labute approximate surface area is 109 Å². The number of aromatic amines is 1. The third-order valence-electron chi connectivity index (χ3n) is 3.84. The van der Waals surface area contributed by atoms with Crippen molar-refractivity contribution in [3.63, 3.8) is 0 Å². The summed E-state index contributed by atoms with van der Waals surface area (Å²) < 4.78 is 3.02. The van der Waals surface area contributed by atoms with Crippen LogP contribution in [-0.2, 0) is 6.54 Å². The lowest BCUT2D eigenvalue weighted by Gasteiger charge is -2.25. The number of nitrogens with one attached hydrogen (secondary N) is 1. The van der Waals surface area contributed by atoms with E-state index in [4.69, 9.17) is 12.2 Å². The summed E-state index contributed by atoms with van der Waals surface area (Å²) in [5.74, 6) is 3.86. The molecule has 1 aliphatic carbocycles. The monoisotopic (exact) mass is 253 g/mol. The molecule has 0 bridgehead atoms. The van der Waals surface area contributed by atoms with Crippen molar-refractivity contribution in [2.75, 3.05) is 0 Å². The molecule has 17 heavy (non-hydrogen) atoms. The van der Waals surface area contributed by atoms with E-state index in [9.17, 15) is 0 Å². The summed E-state index contributed by atoms with van der Waals surface area (Å²) in [4.78, 5) is 0. The zero-order chi connectivity index (χ0) is 12.6. The molecule has 0 radical (unpaired) electrons. The summed E-state index contributed by atoms with van der Waals surface area (Å²) in [5.41, 5.74) is 0. The van der Waals surface area contributed by atoms with Gasteiger partial charge in [0.25, 0.3) is 0 Å². The van der Waals surface area contributed by atoms with Gasteiger partial charge >= 0.3 is 0 Å². The smallest absolute Gasteiger partial charge is 0.195 e. The number of H-pyrrole nitrogens is 1. The fourth-order valence-corrected chi connectivity index (χ4v) is 2.78. The topological polar surface area (TPSA) is 33.6 Å². The van der Waals surface area contributed by atoms with E-state index < -0.39 is 0 Å². The van der Waals surface area contributed by atoms with Gasteiger partial charge in [-0.05, 0) is 42.8 Å². The Balaban J connectivity index is 2.21. The molecule has 2 rings (SSSR count). The Morgan fingerprint density at radius 2 is 1.88 bits per heavy atom. The molecule has 1 N–H and O–H groups in total. The van der Waals surface area contributed by atoms with Gasteiger partial charge in [0.1, 0.15) is 5.82 Å². The van der Waals surface area contributed by atoms with Crippen LogP contribution >= 0.6 is 12.2 Å². The van der Waals surface area contributed by atoms with E-state index in [1.807, 2.05) is 0 Å². The van der Waals surface area contributed by atoms with E-state index in [2.05, 4.69) is 42.5 Å². The molecule has 1 aromatic heterocycles. The predicted molar refractivity (Wildman–Crippen MR) is 72.6 cm³/mol. The molecule has 0 spiro atoms. The first-order chi connectivity index (χ1) is 8.00. The van der Waals surface area contributed by atoms with Crippen LogP contribution in [0.4, 0.5) is 0 Å². The van der Waals surface area contributed by atoms with Gasteiger partial charge in [0.15, 0.2) is 4.77 Å². The van der Waals surface area contributed by atoms with Crippen LogP contribution in [0.2, 0.25) is 0 Å². The van der Waals surface area contributed by atoms with E-state index in [0.29, 0.717) is 23.7 Å². The van der Waals surface area contributed by atoms with Crippen molar-refractivity contribution >= 4 is 12.2 Å². The molecule has 0 aliphatic heterocycles. The van der Waals surface area contributed by atoms with E-state index in [1.165, 1.54) is 18.7 Å². The normalized spacial score (nSPS) is 16.4. The third-order valence-corrected chi connectivity index (χ3v) is 4.15. The summed E-state index contributed by atoms with van der Waals surface area (Å²) in [6.07, 6.45) is 2.54. The van der Waals surface area contributed by atoms with E-state index in [0.717, 1.165) is 11.3 Å². The standard InChI is InChI=1S/C13H23N3S/c1-8(2)11(9(3)4)7-16-12(10-5-6-10)14-15-13(16)17/h8-11H,5-7H2,1-4H3,(H,15,17). The first kappa shape index (κ1) is 12.8. The molecule has 1 saturated carbocycles. The van der Waals surface area contributed by atoms with E-state index in [1.54, 1.807) is 0 Å². The highest BCUT2D eigenvalue weighted by molar-refractivity contribution is 7.71. The van der Waals surface area contributed by atoms with Crippen LogP contribution in [0.15, 0.2) is 0 Å². The first-order valence-corrected chi connectivity index (χ1v) is 7.06. The number of hydrogen-bond donors (Lipinski definition) is 1.